The summed E-state index contributed by atoms with van der Waals surface area (Å²) in [6.07, 6.45) is -1.23. The first kappa shape index (κ1) is 21.7. The average molecular weight is 463 g/mol. The number of alkyl halides is 3. The Kier molecular flexibility index (Phi) is 5.11. The van der Waals surface area contributed by atoms with Crippen molar-refractivity contribution in [2.75, 3.05) is 5.32 Å². The number of benzene rings is 2. The molecule has 0 bridgehead atoms. The fraction of sp³-hybridized carbons (Fsp3) is 0.160. The fourth-order valence-electron chi connectivity index (χ4n) is 4.21. The number of pyridine rings is 1. The Bertz CT molecular complexity index is 1570. The van der Waals surface area contributed by atoms with Crippen molar-refractivity contribution in [2.45, 2.75) is 26.1 Å². The maximum absolute atomic E-state index is 13.8. The molecule has 0 unspecified atom stereocenters. The third kappa shape index (κ3) is 3.68. The molecule has 0 saturated carbocycles. The van der Waals surface area contributed by atoms with E-state index in [0.717, 1.165) is 11.8 Å². The van der Waals surface area contributed by atoms with E-state index in [1.54, 1.807) is 59.4 Å². The van der Waals surface area contributed by atoms with E-state index in [9.17, 15) is 18.0 Å². The number of rotatable bonds is 4. The van der Waals surface area contributed by atoms with Crippen molar-refractivity contribution < 1.29 is 13.2 Å². The molecule has 0 spiro atoms. The fourth-order valence-corrected chi connectivity index (χ4v) is 4.21. The second kappa shape index (κ2) is 8.02. The molecule has 0 aliphatic heterocycles. The average Bonchev–Trinajstić information content (AvgIpc) is 3.19. The van der Waals surface area contributed by atoms with Crippen molar-refractivity contribution in [1.82, 2.24) is 19.2 Å². The highest BCUT2D eigenvalue weighted by molar-refractivity contribution is 5.86. The second-order valence-electron chi connectivity index (χ2n) is 8.07. The van der Waals surface area contributed by atoms with Crippen LogP contribution in [0, 0.1) is 6.92 Å². The van der Waals surface area contributed by atoms with Gasteiger partial charge in [0.1, 0.15) is 0 Å². The zero-order valence-corrected chi connectivity index (χ0v) is 18.3. The third-order valence-corrected chi connectivity index (χ3v) is 5.69. The molecule has 0 fully saturated rings. The number of para-hydroxylation sites is 1. The summed E-state index contributed by atoms with van der Waals surface area (Å²) < 4.78 is 44.2. The summed E-state index contributed by atoms with van der Waals surface area (Å²) in [6, 6.07) is 15.4. The predicted octanol–water partition coefficient (Wildman–Crippen LogP) is 5.53. The van der Waals surface area contributed by atoms with Crippen LogP contribution in [-0.2, 0) is 6.18 Å². The number of nitrogens with one attached hydrogen (secondary N) is 1. The summed E-state index contributed by atoms with van der Waals surface area (Å²) in [5.74, 6) is 0. The molecular formula is C25H20F3N5O. The Labute approximate surface area is 192 Å². The van der Waals surface area contributed by atoms with Gasteiger partial charge in [-0.2, -0.15) is 18.3 Å². The van der Waals surface area contributed by atoms with Crippen molar-refractivity contribution >= 4 is 22.1 Å². The van der Waals surface area contributed by atoms with Gasteiger partial charge in [-0.3, -0.25) is 9.36 Å². The Morgan fingerprint density at radius 3 is 2.53 bits per heavy atom. The quantitative estimate of drug-likeness (QED) is 0.381. The minimum absolute atomic E-state index is 0.229. The highest BCUT2D eigenvalue weighted by atomic mass is 19.4. The van der Waals surface area contributed by atoms with E-state index in [2.05, 4.69) is 15.4 Å². The minimum atomic E-state index is -4.65. The number of hydrogen-bond acceptors (Lipinski definition) is 4. The minimum Gasteiger partial charge on any atom is -0.374 e. The van der Waals surface area contributed by atoms with Gasteiger partial charge in [0.15, 0.2) is 5.65 Å². The van der Waals surface area contributed by atoms with Crippen LogP contribution in [0.3, 0.4) is 0 Å². The topological polar surface area (TPSA) is 64.2 Å². The van der Waals surface area contributed by atoms with Crippen LogP contribution in [0.15, 0.2) is 77.9 Å². The van der Waals surface area contributed by atoms with Crippen LogP contribution in [0.1, 0.15) is 29.9 Å². The molecule has 5 rings (SSSR count). The van der Waals surface area contributed by atoms with E-state index < -0.39 is 23.3 Å². The van der Waals surface area contributed by atoms with Gasteiger partial charge in [0.2, 0.25) is 0 Å². The van der Waals surface area contributed by atoms with Gasteiger partial charge in [0.25, 0.3) is 5.56 Å². The summed E-state index contributed by atoms with van der Waals surface area (Å²) in [4.78, 5) is 18.1. The second-order valence-corrected chi connectivity index (χ2v) is 8.07. The molecule has 1 atom stereocenters. The largest absolute Gasteiger partial charge is 0.417 e. The SMILES string of the molecule is Cc1cn2nccc(N[C@@H](C)c3cc4cccc(C(F)(F)F)c4c(=O)n3-c3ccccc3)c2n1. The van der Waals surface area contributed by atoms with E-state index in [1.165, 1.54) is 16.7 Å². The van der Waals surface area contributed by atoms with Crippen LogP contribution >= 0.6 is 0 Å². The van der Waals surface area contributed by atoms with Gasteiger partial charge in [0.05, 0.1) is 40.8 Å². The summed E-state index contributed by atoms with van der Waals surface area (Å²) in [5.41, 5.74) is 1.41. The van der Waals surface area contributed by atoms with Crippen LogP contribution in [0.25, 0.3) is 22.1 Å². The number of imidazole rings is 1. The van der Waals surface area contributed by atoms with Gasteiger partial charge in [0, 0.05) is 11.4 Å². The molecule has 0 amide bonds. The number of aryl methyl sites for hydroxylation is 1. The van der Waals surface area contributed by atoms with E-state index in [1.807, 2.05) is 13.8 Å². The first-order chi connectivity index (χ1) is 16.2. The lowest BCUT2D eigenvalue weighted by Gasteiger charge is -2.22. The Balaban J connectivity index is 1.73. The monoisotopic (exact) mass is 463 g/mol. The standard InChI is InChI=1S/C25H20F3N5O/c1-15-14-32-23(30-15)20(11-12-29-32)31-16(2)21-13-17-7-6-10-19(25(26,27)28)22(17)24(34)33(21)18-8-4-3-5-9-18/h3-14,16,31H,1-2H3/t16-/m0/s1. The van der Waals surface area contributed by atoms with Crippen LogP contribution in [0.5, 0.6) is 0 Å². The van der Waals surface area contributed by atoms with Gasteiger partial charge >= 0.3 is 6.18 Å². The van der Waals surface area contributed by atoms with E-state index in [-0.39, 0.29) is 10.8 Å². The number of hydrogen-bond donors (Lipinski definition) is 1. The van der Waals surface area contributed by atoms with Crippen molar-refractivity contribution in [2.24, 2.45) is 0 Å². The molecule has 1 N–H and O–H groups in total. The Morgan fingerprint density at radius 1 is 1.03 bits per heavy atom. The zero-order chi connectivity index (χ0) is 24.0. The van der Waals surface area contributed by atoms with Gasteiger partial charge in [-0.05, 0) is 49.6 Å². The van der Waals surface area contributed by atoms with E-state index in [0.29, 0.717) is 22.7 Å². The molecule has 9 heteroatoms. The Hall–Kier alpha value is -4.14. The lowest BCUT2D eigenvalue weighted by Crippen LogP contribution is -2.27. The van der Waals surface area contributed by atoms with Crippen LogP contribution < -0.4 is 10.9 Å². The van der Waals surface area contributed by atoms with E-state index in [4.69, 9.17) is 0 Å². The van der Waals surface area contributed by atoms with Crippen LogP contribution in [0.2, 0.25) is 0 Å². The summed E-state index contributed by atoms with van der Waals surface area (Å²) in [7, 11) is 0. The molecule has 3 heterocycles. The molecule has 0 saturated heterocycles. The molecule has 0 radical (unpaired) electrons. The molecule has 3 aromatic heterocycles. The first-order valence-corrected chi connectivity index (χ1v) is 10.6. The molecule has 0 aliphatic carbocycles. The lowest BCUT2D eigenvalue weighted by molar-refractivity contribution is -0.136. The van der Waals surface area contributed by atoms with Crippen LogP contribution in [-0.4, -0.2) is 19.2 Å². The van der Waals surface area contributed by atoms with Crippen molar-refractivity contribution in [1.29, 1.82) is 0 Å². The smallest absolute Gasteiger partial charge is 0.374 e. The number of nitrogens with zero attached hydrogens (tertiary/aromatic N) is 4. The molecule has 6 nitrogen and oxygen atoms in total. The lowest BCUT2D eigenvalue weighted by atomic mass is 10.0. The van der Waals surface area contributed by atoms with E-state index >= 15 is 0 Å². The van der Waals surface area contributed by atoms with Gasteiger partial charge in [-0.15, -0.1) is 0 Å². The maximum atomic E-state index is 13.8. The summed E-state index contributed by atoms with van der Waals surface area (Å²) in [5, 5.41) is 7.48. The first-order valence-electron chi connectivity index (χ1n) is 10.6. The molecule has 172 valence electrons. The molecule has 5 aromatic rings. The summed E-state index contributed by atoms with van der Waals surface area (Å²) >= 11 is 0. The highest BCUT2D eigenvalue weighted by Crippen LogP contribution is 2.34. The normalized spacial score (nSPS) is 12.9. The number of fused-ring (bicyclic) bond motifs is 2. The maximum Gasteiger partial charge on any atom is 0.417 e. The Morgan fingerprint density at radius 2 is 1.79 bits per heavy atom. The van der Waals surface area contributed by atoms with Gasteiger partial charge < -0.3 is 5.32 Å². The molecular weight excluding hydrogens is 443 g/mol. The molecule has 34 heavy (non-hydrogen) atoms. The zero-order valence-electron chi connectivity index (χ0n) is 18.3. The number of anilines is 1. The van der Waals surface area contributed by atoms with Gasteiger partial charge in [-0.1, -0.05) is 30.3 Å². The number of halogens is 3. The number of aromatic nitrogens is 4. The van der Waals surface area contributed by atoms with Gasteiger partial charge in [-0.25, -0.2) is 9.50 Å². The van der Waals surface area contributed by atoms with Crippen molar-refractivity contribution in [3.05, 3.63) is 100 Å². The molecule has 2 aromatic carbocycles. The highest BCUT2D eigenvalue weighted by Gasteiger charge is 2.34. The predicted molar refractivity (Wildman–Crippen MR) is 124 cm³/mol. The third-order valence-electron chi connectivity index (χ3n) is 5.69. The molecule has 0 aliphatic rings. The van der Waals surface area contributed by atoms with Crippen molar-refractivity contribution in [3.63, 3.8) is 0 Å². The van der Waals surface area contributed by atoms with Crippen molar-refractivity contribution in [3.8, 4) is 5.69 Å². The summed E-state index contributed by atoms with van der Waals surface area (Å²) in [6.45, 7) is 3.71. The van der Waals surface area contributed by atoms with Crippen LogP contribution in [0.4, 0.5) is 18.9 Å².